The predicted molar refractivity (Wildman–Crippen MR) is 36.7 cm³/mol. The molecule has 0 saturated carbocycles. The summed E-state index contributed by atoms with van der Waals surface area (Å²) in [7, 11) is 0. The second-order valence-electron chi connectivity index (χ2n) is 1.52. The first-order chi connectivity index (χ1) is 3.68. The van der Waals surface area contributed by atoms with E-state index in [0.717, 1.165) is 5.71 Å². The van der Waals surface area contributed by atoms with Gasteiger partial charge in [-0.2, -0.15) is 0 Å². The fourth-order valence-corrected chi connectivity index (χ4v) is 0.234. The zero-order valence-electron chi connectivity index (χ0n) is 5.23. The van der Waals surface area contributed by atoms with Crippen molar-refractivity contribution in [1.29, 1.82) is 5.41 Å². The first kappa shape index (κ1) is 7.08. The minimum atomic E-state index is 0.491. The average molecular weight is 110 g/mol. The molecule has 0 aliphatic heterocycles. The maximum Gasteiger partial charge on any atom is 0.0576 e. The predicted octanol–water partition coefficient (Wildman–Crippen LogP) is 1.63. The van der Waals surface area contributed by atoms with Gasteiger partial charge in [-0.05, 0) is 13.8 Å². The first-order valence-corrected chi connectivity index (χ1v) is 2.39. The van der Waals surface area contributed by atoms with Gasteiger partial charge < -0.3 is 5.41 Å². The van der Waals surface area contributed by atoms with E-state index in [-0.39, 0.29) is 0 Å². The van der Waals surface area contributed by atoms with Crippen molar-refractivity contribution in [1.82, 2.24) is 0 Å². The molecule has 0 unspecified atom stereocenters. The summed E-state index contributed by atoms with van der Waals surface area (Å²) in [6.07, 6.45) is 1.44. The third kappa shape index (κ3) is 2.29. The quantitative estimate of drug-likeness (QED) is 0.524. The number of rotatable bonds is 2. The number of nitrogens with one attached hydrogen (secondary N) is 1. The van der Waals surface area contributed by atoms with Gasteiger partial charge in [0.15, 0.2) is 0 Å². The van der Waals surface area contributed by atoms with Gasteiger partial charge in [0.2, 0.25) is 0 Å². The van der Waals surface area contributed by atoms with E-state index >= 15 is 0 Å². The molecule has 0 aromatic heterocycles. The van der Waals surface area contributed by atoms with E-state index < -0.39 is 0 Å². The third-order valence-corrected chi connectivity index (χ3v) is 0.828. The minimum absolute atomic E-state index is 0.491. The van der Waals surface area contributed by atoms with Crippen LogP contribution in [0.2, 0.25) is 0 Å². The van der Waals surface area contributed by atoms with Gasteiger partial charge in [-0.1, -0.05) is 6.58 Å². The summed E-state index contributed by atoms with van der Waals surface area (Å²) in [5.74, 6) is 0. The molecule has 0 fully saturated rings. The summed E-state index contributed by atoms with van der Waals surface area (Å²) in [4.78, 5) is 3.78. The lowest BCUT2D eigenvalue weighted by Gasteiger charge is -1.89. The summed E-state index contributed by atoms with van der Waals surface area (Å²) < 4.78 is 0. The normalized spacial score (nSPS) is 11.0. The highest BCUT2D eigenvalue weighted by molar-refractivity contribution is 6.39. The van der Waals surface area contributed by atoms with Gasteiger partial charge in [0, 0.05) is 11.9 Å². The SMILES string of the molecule is C=C/N=C(\C)C(C)=N. The maximum atomic E-state index is 7.03. The highest BCUT2D eigenvalue weighted by atomic mass is 14.7. The van der Waals surface area contributed by atoms with E-state index in [1.54, 1.807) is 13.8 Å². The Bertz CT molecular complexity index is 133. The van der Waals surface area contributed by atoms with Gasteiger partial charge in [0.25, 0.3) is 0 Å². The van der Waals surface area contributed by atoms with Crippen molar-refractivity contribution >= 4 is 11.4 Å². The van der Waals surface area contributed by atoms with Crippen LogP contribution in [0.1, 0.15) is 13.8 Å². The molecule has 0 aliphatic rings. The topological polar surface area (TPSA) is 36.2 Å². The van der Waals surface area contributed by atoms with Crippen molar-refractivity contribution in [3.05, 3.63) is 12.8 Å². The average Bonchev–Trinajstić information content (AvgIpc) is 1.67. The molecule has 0 saturated heterocycles. The molecule has 0 heterocycles. The van der Waals surface area contributed by atoms with Gasteiger partial charge >= 0.3 is 0 Å². The molecule has 0 amide bonds. The molecule has 8 heavy (non-hydrogen) atoms. The van der Waals surface area contributed by atoms with Gasteiger partial charge in [-0.3, -0.25) is 4.99 Å². The van der Waals surface area contributed by atoms with E-state index in [4.69, 9.17) is 5.41 Å². The van der Waals surface area contributed by atoms with Crippen LogP contribution in [0.3, 0.4) is 0 Å². The van der Waals surface area contributed by atoms with E-state index in [1.807, 2.05) is 0 Å². The molecule has 0 aromatic carbocycles. The van der Waals surface area contributed by atoms with Gasteiger partial charge in [-0.25, -0.2) is 0 Å². The third-order valence-electron chi connectivity index (χ3n) is 0.828. The van der Waals surface area contributed by atoms with Crippen LogP contribution in [0.25, 0.3) is 0 Å². The summed E-state index contributed by atoms with van der Waals surface area (Å²) in [5.41, 5.74) is 1.21. The maximum absolute atomic E-state index is 7.03. The second-order valence-corrected chi connectivity index (χ2v) is 1.52. The Morgan fingerprint density at radius 2 is 2.12 bits per heavy atom. The van der Waals surface area contributed by atoms with Crippen molar-refractivity contribution in [2.75, 3.05) is 0 Å². The van der Waals surface area contributed by atoms with Crippen LogP contribution >= 0.6 is 0 Å². The van der Waals surface area contributed by atoms with E-state index in [0.29, 0.717) is 5.71 Å². The lowest BCUT2D eigenvalue weighted by Crippen LogP contribution is -2.01. The summed E-state index contributed by atoms with van der Waals surface area (Å²) in [6.45, 7) is 6.88. The molecule has 0 radical (unpaired) electrons. The van der Waals surface area contributed by atoms with Crippen molar-refractivity contribution in [3.8, 4) is 0 Å². The van der Waals surface area contributed by atoms with Crippen LogP contribution in [0.4, 0.5) is 0 Å². The van der Waals surface area contributed by atoms with E-state index in [1.165, 1.54) is 6.20 Å². The molecule has 0 aromatic rings. The highest BCUT2D eigenvalue weighted by Crippen LogP contribution is 1.79. The van der Waals surface area contributed by atoms with E-state index in [2.05, 4.69) is 11.6 Å². The molecule has 0 spiro atoms. The van der Waals surface area contributed by atoms with Crippen LogP contribution in [0.5, 0.6) is 0 Å². The smallest absolute Gasteiger partial charge is 0.0576 e. The standard InChI is InChI=1S/C6H10N2/c1-4-8-6(3)5(2)7/h4,7H,1H2,2-3H3/b7-5?,8-6+. The Hall–Kier alpha value is -0.920. The molecule has 44 valence electrons. The lowest BCUT2D eigenvalue weighted by molar-refractivity contribution is 1.48. The number of nitrogens with zero attached hydrogens (tertiary/aromatic N) is 1. The van der Waals surface area contributed by atoms with E-state index in [9.17, 15) is 0 Å². The second kappa shape index (κ2) is 3.13. The Labute approximate surface area is 49.5 Å². The summed E-state index contributed by atoms with van der Waals surface area (Å²) in [6, 6.07) is 0. The highest BCUT2D eigenvalue weighted by Gasteiger charge is 1.87. The molecule has 2 heteroatoms. The van der Waals surface area contributed by atoms with Crippen LogP contribution in [-0.2, 0) is 0 Å². The lowest BCUT2D eigenvalue weighted by atomic mass is 10.3. The molecule has 2 nitrogen and oxygen atoms in total. The molecular formula is C6H10N2. The Kier molecular flexibility index (Phi) is 2.77. The number of hydrogen-bond donors (Lipinski definition) is 1. The molecule has 1 N–H and O–H groups in total. The van der Waals surface area contributed by atoms with Crippen LogP contribution in [0.15, 0.2) is 17.8 Å². The van der Waals surface area contributed by atoms with Crippen LogP contribution in [0, 0.1) is 5.41 Å². The van der Waals surface area contributed by atoms with Crippen molar-refractivity contribution in [2.24, 2.45) is 4.99 Å². The summed E-state index contributed by atoms with van der Waals surface area (Å²) in [5, 5.41) is 7.03. The molecule has 0 atom stereocenters. The van der Waals surface area contributed by atoms with Gasteiger partial charge in [-0.15, -0.1) is 0 Å². The Balaban J connectivity index is 3.99. The molecule has 0 rings (SSSR count). The summed E-state index contributed by atoms with van der Waals surface area (Å²) >= 11 is 0. The molecule has 0 bridgehead atoms. The zero-order valence-corrected chi connectivity index (χ0v) is 5.23. The first-order valence-electron chi connectivity index (χ1n) is 2.39. The van der Waals surface area contributed by atoms with Crippen LogP contribution < -0.4 is 0 Å². The molecule has 0 aliphatic carbocycles. The molecular weight excluding hydrogens is 100 g/mol. The van der Waals surface area contributed by atoms with Crippen molar-refractivity contribution in [2.45, 2.75) is 13.8 Å². The van der Waals surface area contributed by atoms with Gasteiger partial charge in [0.1, 0.15) is 0 Å². The van der Waals surface area contributed by atoms with Crippen molar-refractivity contribution < 1.29 is 0 Å². The van der Waals surface area contributed by atoms with Crippen molar-refractivity contribution in [3.63, 3.8) is 0 Å². The Morgan fingerprint density at radius 3 is 2.25 bits per heavy atom. The number of hydrogen-bond acceptors (Lipinski definition) is 2. The number of aliphatic imine (C=N–C) groups is 1. The fraction of sp³-hybridized carbons (Fsp3) is 0.333. The monoisotopic (exact) mass is 110 g/mol. The zero-order chi connectivity index (χ0) is 6.57. The van der Waals surface area contributed by atoms with Gasteiger partial charge in [0.05, 0.1) is 5.71 Å². The fourth-order valence-electron chi connectivity index (χ4n) is 0.234. The Morgan fingerprint density at radius 1 is 1.62 bits per heavy atom. The van der Waals surface area contributed by atoms with Crippen LogP contribution in [-0.4, -0.2) is 11.4 Å². The largest absolute Gasteiger partial charge is 0.304 e. The minimum Gasteiger partial charge on any atom is -0.304 e.